The van der Waals surface area contributed by atoms with Crippen LogP contribution in [-0.2, 0) is 20.0 Å². The van der Waals surface area contributed by atoms with Crippen LogP contribution in [0.4, 0.5) is 0 Å². The lowest BCUT2D eigenvalue weighted by Gasteiger charge is -2.15. The Balaban J connectivity index is 2.49. The van der Waals surface area contributed by atoms with Gasteiger partial charge in [-0.1, -0.05) is 32.0 Å². The van der Waals surface area contributed by atoms with Crippen molar-refractivity contribution in [2.75, 3.05) is 6.26 Å². The van der Waals surface area contributed by atoms with Crippen LogP contribution in [0.15, 0.2) is 52.3 Å². The lowest BCUT2D eigenvalue weighted by Crippen LogP contribution is -2.12. The van der Waals surface area contributed by atoms with E-state index in [0.717, 1.165) is 23.4 Å². The van der Waals surface area contributed by atoms with Gasteiger partial charge in [-0.05, 0) is 48.2 Å². The van der Waals surface area contributed by atoms with Gasteiger partial charge in [-0.25, -0.2) is 8.42 Å². The predicted octanol–water partition coefficient (Wildman–Crippen LogP) is 3.29. The number of rotatable bonds is 5. The zero-order valence-corrected chi connectivity index (χ0v) is 15.6. The summed E-state index contributed by atoms with van der Waals surface area (Å²) in [7, 11) is -7.64. The van der Waals surface area contributed by atoms with E-state index in [1.165, 1.54) is 18.2 Å². The Bertz CT molecular complexity index is 958. The second-order valence-corrected chi connectivity index (χ2v) is 9.54. The summed E-state index contributed by atoms with van der Waals surface area (Å²) in [6.45, 7) is 5.72. The minimum Gasteiger partial charge on any atom is -0.379 e. The first-order chi connectivity index (χ1) is 11.0. The van der Waals surface area contributed by atoms with Gasteiger partial charge >= 0.3 is 10.1 Å². The second kappa shape index (κ2) is 6.57. The van der Waals surface area contributed by atoms with E-state index in [1.807, 2.05) is 32.9 Å². The minimum absolute atomic E-state index is 0.0690. The van der Waals surface area contributed by atoms with Crippen LogP contribution in [0.3, 0.4) is 0 Å². The molecule has 0 saturated carbocycles. The topological polar surface area (TPSA) is 77.5 Å². The van der Waals surface area contributed by atoms with Gasteiger partial charge in [-0.15, -0.1) is 0 Å². The molecular formula is C17H20O5S2. The Hall–Kier alpha value is -1.86. The largest absolute Gasteiger partial charge is 0.379 e. The van der Waals surface area contributed by atoms with Gasteiger partial charge in [0, 0.05) is 6.26 Å². The van der Waals surface area contributed by atoms with E-state index < -0.39 is 20.0 Å². The lowest BCUT2D eigenvalue weighted by atomic mass is 10.0. The Morgan fingerprint density at radius 2 is 1.54 bits per heavy atom. The predicted molar refractivity (Wildman–Crippen MR) is 92.6 cm³/mol. The van der Waals surface area contributed by atoms with Crippen molar-refractivity contribution in [3.63, 3.8) is 0 Å². The molecule has 0 aliphatic carbocycles. The van der Waals surface area contributed by atoms with Gasteiger partial charge in [0.2, 0.25) is 0 Å². The maximum atomic E-state index is 12.5. The Kier molecular flexibility index (Phi) is 5.05. The van der Waals surface area contributed by atoms with Crippen molar-refractivity contribution < 1.29 is 21.0 Å². The van der Waals surface area contributed by atoms with Gasteiger partial charge in [0.05, 0.1) is 4.90 Å². The summed E-state index contributed by atoms with van der Waals surface area (Å²) in [6.07, 6.45) is 1.02. The van der Waals surface area contributed by atoms with Crippen LogP contribution >= 0.6 is 0 Å². The van der Waals surface area contributed by atoms with Crippen LogP contribution < -0.4 is 4.18 Å². The first-order valence-corrected chi connectivity index (χ1v) is 10.7. The van der Waals surface area contributed by atoms with Crippen LogP contribution in [0, 0.1) is 6.92 Å². The molecule has 0 aliphatic heterocycles. The zero-order valence-electron chi connectivity index (χ0n) is 14.0. The number of benzene rings is 2. The molecule has 0 bridgehead atoms. The fourth-order valence-electron chi connectivity index (χ4n) is 2.22. The molecule has 0 aromatic heterocycles. The standard InChI is InChI=1S/C17H20O5S2/c1-12(2)16-9-8-13(3)10-17(16)22-24(20,21)15-7-5-6-14(11-15)23(4,18)19/h5-12H,1-4H3. The summed E-state index contributed by atoms with van der Waals surface area (Å²) in [6, 6.07) is 10.5. The third kappa shape index (κ3) is 4.15. The monoisotopic (exact) mass is 368 g/mol. The maximum absolute atomic E-state index is 12.5. The lowest BCUT2D eigenvalue weighted by molar-refractivity contribution is 0.481. The van der Waals surface area contributed by atoms with Crippen molar-refractivity contribution >= 4 is 20.0 Å². The third-order valence-electron chi connectivity index (χ3n) is 3.51. The van der Waals surface area contributed by atoms with Crippen LogP contribution in [0.2, 0.25) is 0 Å². The molecule has 0 atom stereocenters. The molecule has 2 aromatic rings. The summed E-state index contributed by atoms with van der Waals surface area (Å²) in [5, 5.41) is 0. The van der Waals surface area contributed by atoms with E-state index in [2.05, 4.69) is 0 Å². The van der Waals surface area contributed by atoms with Crippen molar-refractivity contribution in [3.05, 3.63) is 53.6 Å². The highest BCUT2D eigenvalue weighted by Gasteiger charge is 2.21. The highest BCUT2D eigenvalue weighted by atomic mass is 32.2. The molecule has 0 fully saturated rings. The first-order valence-electron chi connectivity index (χ1n) is 7.36. The zero-order chi connectivity index (χ0) is 18.1. The number of hydrogen-bond donors (Lipinski definition) is 0. The molecule has 0 radical (unpaired) electrons. The number of sulfone groups is 1. The summed E-state index contributed by atoms with van der Waals surface area (Å²) >= 11 is 0. The fourth-order valence-corrected chi connectivity index (χ4v) is 3.95. The van der Waals surface area contributed by atoms with Crippen molar-refractivity contribution in [1.82, 2.24) is 0 Å². The van der Waals surface area contributed by atoms with Crippen molar-refractivity contribution in [2.24, 2.45) is 0 Å². The van der Waals surface area contributed by atoms with Crippen LogP contribution in [0.1, 0.15) is 30.9 Å². The van der Waals surface area contributed by atoms with Crippen molar-refractivity contribution in [3.8, 4) is 5.75 Å². The summed E-state index contributed by atoms with van der Waals surface area (Å²) in [4.78, 5) is -0.262. The smallest absolute Gasteiger partial charge is 0.339 e. The summed E-state index contributed by atoms with van der Waals surface area (Å²) in [5.41, 5.74) is 1.64. The Morgan fingerprint density at radius 1 is 0.917 bits per heavy atom. The molecule has 0 saturated heterocycles. The van der Waals surface area contributed by atoms with E-state index in [1.54, 1.807) is 6.07 Å². The molecule has 0 unspecified atom stereocenters. The van der Waals surface area contributed by atoms with Crippen molar-refractivity contribution in [1.29, 1.82) is 0 Å². The number of aryl methyl sites for hydroxylation is 1. The molecule has 24 heavy (non-hydrogen) atoms. The average Bonchev–Trinajstić information content (AvgIpc) is 2.46. The molecule has 0 aliphatic rings. The first kappa shape index (κ1) is 18.5. The van der Waals surface area contributed by atoms with E-state index in [9.17, 15) is 16.8 Å². The SMILES string of the molecule is Cc1ccc(C(C)C)c(OS(=O)(=O)c2cccc(S(C)(=O)=O)c2)c1. The van der Waals surface area contributed by atoms with E-state index in [0.29, 0.717) is 0 Å². The number of hydrogen-bond acceptors (Lipinski definition) is 5. The normalized spacial score (nSPS) is 12.4. The fraction of sp³-hybridized carbons (Fsp3) is 0.294. The van der Waals surface area contributed by atoms with Gasteiger partial charge in [0.25, 0.3) is 0 Å². The highest BCUT2D eigenvalue weighted by Crippen LogP contribution is 2.30. The van der Waals surface area contributed by atoms with Gasteiger partial charge in [-0.2, -0.15) is 8.42 Å². The van der Waals surface area contributed by atoms with Gasteiger partial charge < -0.3 is 4.18 Å². The molecule has 2 aromatic carbocycles. The van der Waals surface area contributed by atoms with E-state index in [-0.39, 0.29) is 21.5 Å². The second-order valence-electron chi connectivity index (χ2n) is 5.98. The van der Waals surface area contributed by atoms with Crippen molar-refractivity contribution in [2.45, 2.75) is 36.5 Å². The molecule has 0 spiro atoms. The van der Waals surface area contributed by atoms with E-state index in [4.69, 9.17) is 4.18 Å². The average molecular weight is 368 g/mol. The van der Waals surface area contributed by atoms with E-state index >= 15 is 0 Å². The van der Waals surface area contributed by atoms with Gasteiger partial charge in [0.1, 0.15) is 10.6 Å². The highest BCUT2D eigenvalue weighted by molar-refractivity contribution is 7.90. The van der Waals surface area contributed by atoms with Crippen LogP contribution in [0.25, 0.3) is 0 Å². The Labute approximate surface area is 143 Å². The minimum atomic E-state index is -4.13. The quantitative estimate of drug-likeness (QED) is 0.757. The molecule has 0 amide bonds. The maximum Gasteiger partial charge on any atom is 0.339 e. The molecule has 0 N–H and O–H groups in total. The van der Waals surface area contributed by atoms with Gasteiger partial charge in [-0.3, -0.25) is 0 Å². The third-order valence-corrected chi connectivity index (χ3v) is 5.85. The molecule has 7 heteroatoms. The van der Waals surface area contributed by atoms with Crippen LogP contribution in [0.5, 0.6) is 5.75 Å². The molecule has 5 nitrogen and oxygen atoms in total. The Morgan fingerprint density at radius 3 is 2.12 bits per heavy atom. The summed E-state index contributed by atoms with van der Waals surface area (Å²) in [5.74, 6) is 0.341. The molecular weight excluding hydrogens is 348 g/mol. The molecule has 0 heterocycles. The molecule has 2 rings (SSSR count). The molecule has 130 valence electrons. The van der Waals surface area contributed by atoms with Crippen LogP contribution in [-0.4, -0.2) is 23.1 Å². The van der Waals surface area contributed by atoms with Gasteiger partial charge in [0.15, 0.2) is 9.84 Å². The summed E-state index contributed by atoms with van der Waals surface area (Å²) < 4.78 is 53.7.